The first-order valence-corrected chi connectivity index (χ1v) is 8.87. The van der Waals surface area contributed by atoms with Crippen molar-refractivity contribution in [3.8, 4) is 0 Å². The Morgan fingerprint density at radius 2 is 1.96 bits per heavy atom. The second-order valence-corrected chi connectivity index (χ2v) is 6.02. The summed E-state index contributed by atoms with van der Waals surface area (Å²) in [6.07, 6.45) is 5.19. The van der Waals surface area contributed by atoms with E-state index in [1.165, 1.54) is 18.6 Å². The molecule has 0 radical (unpaired) electrons. The van der Waals surface area contributed by atoms with Gasteiger partial charge in [0, 0.05) is 17.8 Å². The maximum absolute atomic E-state index is 12.2. The molecule has 12 heteroatoms. The Hall–Kier alpha value is -3.67. The third kappa shape index (κ3) is 4.94. The molecule has 0 aliphatic carbocycles. The summed E-state index contributed by atoms with van der Waals surface area (Å²) >= 11 is 1.15. The van der Waals surface area contributed by atoms with Crippen molar-refractivity contribution in [1.29, 1.82) is 0 Å². The number of anilines is 2. The lowest BCUT2D eigenvalue weighted by Crippen LogP contribution is -2.15. The molecule has 2 N–H and O–H groups in total. The minimum absolute atomic E-state index is 0.0166. The summed E-state index contributed by atoms with van der Waals surface area (Å²) in [6, 6.07) is -0.164. The van der Waals surface area contributed by atoms with E-state index < -0.39 is 17.8 Å². The van der Waals surface area contributed by atoms with Crippen LogP contribution in [0.15, 0.2) is 34.7 Å². The van der Waals surface area contributed by atoms with Crippen molar-refractivity contribution in [2.75, 3.05) is 17.2 Å². The van der Waals surface area contributed by atoms with Crippen LogP contribution in [0.1, 0.15) is 33.6 Å². The van der Waals surface area contributed by atoms with E-state index >= 15 is 0 Å². The van der Waals surface area contributed by atoms with Gasteiger partial charge in [-0.25, -0.2) is 9.97 Å². The SMILES string of the molecule is CCOC(=O)Cc1csc(NC(=O)c2coc(NC(=O)c3cnccn3)n2)n1. The maximum Gasteiger partial charge on any atom is 0.311 e. The van der Waals surface area contributed by atoms with E-state index in [2.05, 4.69) is 30.6 Å². The molecule has 144 valence electrons. The Morgan fingerprint density at radius 1 is 1.14 bits per heavy atom. The Bertz CT molecular complexity index is 986. The summed E-state index contributed by atoms with van der Waals surface area (Å²) in [7, 11) is 0. The highest BCUT2D eigenvalue weighted by atomic mass is 32.1. The molecule has 0 spiro atoms. The number of nitrogens with one attached hydrogen (secondary N) is 2. The molecule has 3 aromatic rings. The standard InChI is InChI=1S/C16H14N6O5S/c1-2-26-12(23)5-9-8-28-16(19-9)22-14(25)11-7-27-15(20-11)21-13(24)10-6-17-3-4-18-10/h3-4,6-8H,2,5H2,1H3,(H,19,22,25)(H,20,21,24). The number of rotatable bonds is 7. The molecule has 0 fully saturated rings. The Kier molecular flexibility index (Phi) is 6.01. The van der Waals surface area contributed by atoms with Crippen LogP contribution in [0.5, 0.6) is 0 Å². The van der Waals surface area contributed by atoms with E-state index in [4.69, 9.17) is 9.15 Å². The van der Waals surface area contributed by atoms with Gasteiger partial charge in [-0.2, -0.15) is 4.98 Å². The van der Waals surface area contributed by atoms with Gasteiger partial charge in [0.15, 0.2) is 10.8 Å². The molecule has 3 rings (SSSR count). The molecule has 0 bridgehead atoms. The Morgan fingerprint density at radius 3 is 2.71 bits per heavy atom. The first-order chi connectivity index (χ1) is 13.5. The highest BCUT2D eigenvalue weighted by Crippen LogP contribution is 2.18. The highest BCUT2D eigenvalue weighted by Gasteiger charge is 2.17. The normalized spacial score (nSPS) is 10.3. The number of carbonyl (C=O) groups excluding carboxylic acids is 3. The van der Waals surface area contributed by atoms with Gasteiger partial charge in [-0.05, 0) is 6.92 Å². The molecule has 0 aliphatic rings. The topological polar surface area (TPSA) is 149 Å². The van der Waals surface area contributed by atoms with E-state index in [0.717, 1.165) is 17.6 Å². The van der Waals surface area contributed by atoms with Crippen LogP contribution in [-0.4, -0.2) is 44.3 Å². The molecule has 2 amide bonds. The van der Waals surface area contributed by atoms with Crippen molar-refractivity contribution in [2.24, 2.45) is 0 Å². The Labute approximate surface area is 162 Å². The number of oxazole rings is 1. The molecule has 0 aromatic carbocycles. The fourth-order valence-electron chi connectivity index (χ4n) is 1.98. The molecule has 0 unspecified atom stereocenters. The van der Waals surface area contributed by atoms with Gasteiger partial charge in [-0.1, -0.05) is 0 Å². The molecule has 0 saturated heterocycles. The molecule has 0 aliphatic heterocycles. The van der Waals surface area contributed by atoms with Crippen molar-refractivity contribution >= 4 is 40.3 Å². The molecular formula is C16H14N6O5S. The van der Waals surface area contributed by atoms with E-state index in [9.17, 15) is 14.4 Å². The van der Waals surface area contributed by atoms with E-state index in [0.29, 0.717) is 5.69 Å². The number of carbonyl (C=O) groups is 3. The average molecular weight is 402 g/mol. The zero-order valence-electron chi connectivity index (χ0n) is 14.5. The summed E-state index contributed by atoms with van der Waals surface area (Å²) < 4.78 is 9.92. The lowest BCUT2D eigenvalue weighted by molar-refractivity contribution is -0.142. The second-order valence-electron chi connectivity index (χ2n) is 5.16. The first-order valence-electron chi connectivity index (χ1n) is 7.99. The largest absolute Gasteiger partial charge is 0.466 e. The molecular weight excluding hydrogens is 388 g/mol. The number of nitrogens with zero attached hydrogens (tertiary/aromatic N) is 4. The fraction of sp³-hybridized carbons (Fsp3) is 0.188. The number of esters is 1. The van der Waals surface area contributed by atoms with Crippen LogP contribution in [0, 0.1) is 0 Å². The van der Waals surface area contributed by atoms with Crippen LogP contribution in [0.25, 0.3) is 0 Å². The summed E-state index contributed by atoms with van der Waals surface area (Å²) in [5.41, 5.74) is 0.496. The zero-order valence-corrected chi connectivity index (χ0v) is 15.4. The van der Waals surface area contributed by atoms with E-state index in [1.54, 1.807) is 12.3 Å². The van der Waals surface area contributed by atoms with Crippen LogP contribution in [0.4, 0.5) is 11.1 Å². The lowest BCUT2D eigenvalue weighted by Gasteiger charge is -1.99. The quantitative estimate of drug-likeness (QED) is 0.561. The summed E-state index contributed by atoms with van der Waals surface area (Å²) in [5, 5.41) is 6.84. The van der Waals surface area contributed by atoms with Crippen molar-refractivity contribution < 1.29 is 23.5 Å². The van der Waals surface area contributed by atoms with E-state index in [-0.39, 0.29) is 35.6 Å². The van der Waals surface area contributed by atoms with Crippen LogP contribution in [-0.2, 0) is 16.0 Å². The number of ether oxygens (including phenoxy) is 1. The number of thiazole rings is 1. The molecule has 3 heterocycles. The first kappa shape index (κ1) is 19.1. The predicted molar refractivity (Wildman–Crippen MR) is 96.9 cm³/mol. The van der Waals surface area contributed by atoms with Crippen LogP contribution >= 0.6 is 11.3 Å². The van der Waals surface area contributed by atoms with Gasteiger partial charge < -0.3 is 9.15 Å². The van der Waals surface area contributed by atoms with Crippen molar-refractivity contribution in [3.63, 3.8) is 0 Å². The summed E-state index contributed by atoms with van der Waals surface area (Å²) in [6.45, 7) is 2.00. The van der Waals surface area contributed by atoms with Gasteiger partial charge in [0.1, 0.15) is 12.0 Å². The lowest BCUT2D eigenvalue weighted by atomic mass is 10.3. The smallest absolute Gasteiger partial charge is 0.311 e. The zero-order chi connectivity index (χ0) is 19.9. The van der Waals surface area contributed by atoms with Gasteiger partial charge in [0.25, 0.3) is 11.8 Å². The van der Waals surface area contributed by atoms with Gasteiger partial charge >= 0.3 is 12.0 Å². The predicted octanol–water partition coefficient (Wildman–Crippen LogP) is 1.53. The second kappa shape index (κ2) is 8.81. The fourth-order valence-corrected chi connectivity index (χ4v) is 2.68. The van der Waals surface area contributed by atoms with Gasteiger partial charge in [-0.3, -0.25) is 30.0 Å². The monoisotopic (exact) mass is 402 g/mol. The average Bonchev–Trinajstić information content (AvgIpc) is 3.32. The van der Waals surface area contributed by atoms with Gasteiger partial charge in [0.2, 0.25) is 0 Å². The molecule has 0 atom stereocenters. The number of amides is 2. The molecule has 0 saturated carbocycles. The third-order valence-corrected chi connectivity index (χ3v) is 3.96. The molecule has 3 aromatic heterocycles. The van der Waals surface area contributed by atoms with Crippen molar-refractivity contribution in [1.82, 2.24) is 19.9 Å². The number of hydrogen-bond donors (Lipinski definition) is 2. The summed E-state index contributed by atoms with van der Waals surface area (Å²) in [5.74, 6) is -1.56. The summed E-state index contributed by atoms with van der Waals surface area (Å²) in [4.78, 5) is 51.3. The molecule has 11 nitrogen and oxygen atoms in total. The maximum atomic E-state index is 12.2. The van der Waals surface area contributed by atoms with Crippen LogP contribution < -0.4 is 10.6 Å². The van der Waals surface area contributed by atoms with Gasteiger partial charge in [-0.15, -0.1) is 11.3 Å². The van der Waals surface area contributed by atoms with Crippen molar-refractivity contribution in [3.05, 3.63) is 47.3 Å². The number of hydrogen-bond acceptors (Lipinski definition) is 10. The van der Waals surface area contributed by atoms with Gasteiger partial charge in [0.05, 0.1) is 24.9 Å². The highest BCUT2D eigenvalue weighted by molar-refractivity contribution is 7.14. The van der Waals surface area contributed by atoms with Crippen LogP contribution in [0.3, 0.4) is 0 Å². The minimum atomic E-state index is -0.583. The number of aromatic nitrogens is 4. The minimum Gasteiger partial charge on any atom is -0.466 e. The Balaban J connectivity index is 1.58. The van der Waals surface area contributed by atoms with Crippen molar-refractivity contribution in [2.45, 2.75) is 13.3 Å². The van der Waals surface area contributed by atoms with Crippen LogP contribution in [0.2, 0.25) is 0 Å². The van der Waals surface area contributed by atoms with E-state index in [1.807, 2.05) is 0 Å². The molecule has 28 heavy (non-hydrogen) atoms. The third-order valence-electron chi connectivity index (χ3n) is 3.16.